The maximum Gasteiger partial charge on any atom is 0.433 e. The fourth-order valence-corrected chi connectivity index (χ4v) is 3.28. The van der Waals surface area contributed by atoms with Crippen molar-refractivity contribution >= 4 is 29.4 Å². The van der Waals surface area contributed by atoms with Gasteiger partial charge in [0.1, 0.15) is 11.5 Å². The van der Waals surface area contributed by atoms with E-state index in [4.69, 9.17) is 9.15 Å². The zero-order valence-corrected chi connectivity index (χ0v) is 17.8. The van der Waals surface area contributed by atoms with E-state index in [0.29, 0.717) is 17.7 Å². The van der Waals surface area contributed by atoms with Crippen LogP contribution in [0.25, 0.3) is 0 Å². The Balaban J connectivity index is 1.67. The summed E-state index contributed by atoms with van der Waals surface area (Å²) in [5.74, 6) is -4.01. The zero-order chi connectivity index (χ0) is 25.0. The number of carbonyl (C=O) groups excluding carboxylic acids is 3. The van der Waals surface area contributed by atoms with Crippen LogP contribution in [0.5, 0.6) is 0 Å². The van der Waals surface area contributed by atoms with Crippen molar-refractivity contribution in [1.82, 2.24) is 4.90 Å². The number of nitrogens with one attached hydrogen (secondary N) is 1. The predicted molar refractivity (Wildman–Crippen MR) is 110 cm³/mol. The monoisotopic (exact) mass is 483 g/mol. The van der Waals surface area contributed by atoms with Gasteiger partial charge in [0, 0.05) is 6.04 Å². The third-order valence-electron chi connectivity index (χ3n) is 5.18. The molecule has 0 spiro atoms. The summed E-state index contributed by atoms with van der Waals surface area (Å²) in [6, 6.07) is 6.92. The van der Waals surface area contributed by atoms with Gasteiger partial charge in [0.15, 0.2) is 12.4 Å². The maximum absolute atomic E-state index is 12.9. The van der Waals surface area contributed by atoms with Gasteiger partial charge in [0.2, 0.25) is 0 Å². The smallest absolute Gasteiger partial charge is 0.433 e. The lowest BCUT2D eigenvalue weighted by Crippen LogP contribution is -2.47. The van der Waals surface area contributed by atoms with E-state index in [2.05, 4.69) is 5.32 Å². The Hall–Kier alpha value is -3.90. The molecule has 2 aromatic rings. The Morgan fingerprint density at radius 3 is 2.50 bits per heavy atom. The molecule has 1 aromatic heterocycles. The molecule has 0 aliphatic heterocycles. The zero-order valence-electron chi connectivity index (χ0n) is 17.8. The van der Waals surface area contributed by atoms with Gasteiger partial charge >= 0.3 is 18.0 Å². The number of esters is 1. The second-order valence-electron chi connectivity index (χ2n) is 7.69. The third-order valence-corrected chi connectivity index (χ3v) is 5.18. The van der Waals surface area contributed by atoms with Crippen molar-refractivity contribution in [3.63, 3.8) is 0 Å². The van der Waals surface area contributed by atoms with Gasteiger partial charge in [-0.3, -0.25) is 19.7 Å². The summed E-state index contributed by atoms with van der Waals surface area (Å²) in [5, 5.41) is 13.0. The number of nitro groups is 1. The normalized spacial score (nSPS) is 14.2. The molecule has 3 rings (SSSR count). The van der Waals surface area contributed by atoms with Crippen molar-refractivity contribution in [2.75, 3.05) is 18.5 Å². The number of amides is 2. The molecule has 182 valence electrons. The van der Waals surface area contributed by atoms with Crippen molar-refractivity contribution < 1.29 is 41.6 Å². The number of alkyl halides is 3. The molecule has 1 atom stereocenters. The minimum atomic E-state index is -4.61. The number of para-hydroxylation sites is 1. The second-order valence-corrected chi connectivity index (χ2v) is 7.69. The topological polar surface area (TPSA) is 132 Å². The first-order valence-corrected chi connectivity index (χ1v) is 10.1. The number of anilines is 1. The highest BCUT2D eigenvalue weighted by molar-refractivity contribution is 6.07. The van der Waals surface area contributed by atoms with Crippen LogP contribution in [-0.2, 0) is 9.53 Å². The highest BCUT2D eigenvalue weighted by Crippen LogP contribution is 2.36. The Morgan fingerprint density at radius 2 is 1.91 bits per heavy atom. The molecule has 1 aliphatic rings. The number of halogens is 3. The Kier molecular flexibility index (Phi) is 7.23. The first-order chi connectivity index (χ1) is 16.0. The molecule has 0 unspecified atom stereocenters. The molecule has 1 N–H and O–H groups in total. The van der Waals surface area contributed by atoms with Crippen LogP contribution in [0.3, 0.4) is 0 Å². The van der Waals surface area contributed by atoms with Gasteiger partial charge in [-0.25, -0.2) is 4.79 Å². The van der Waals surface area contributed by atoms with Crippen molar-refractivity contribution in [1.29, 1.82) is 0 Å². The molecule has 1 aromatic carbocycles. The van der Waals surface area contributed by atoms with Gasteiger partial charge in [-0.15, -0.1) is 0 Å². The van der Waals surface area contributed by atoms with Crippen LogP contribution in [-0.4, -0.2) is 53.0 Å². The van der Waals surface area contributed by atoms with E-state index in [-0.39, 0.29) is 22.9 Å². The number of rotatable bonds is 9. The molecular formula is C21H20F3N3O7. The molecule has 13 heteroatoms. The maximum atomic E-state index is 12.9. The summed E-state index contributed by atoms with van der Waals surface area (Å²) in [7, 11) is 0. The van der Waals surface area contributed by atoms with E-state index in [9.17, 15) is 37.7 Å². The third kappa shape index (κ3) is 6.33. The molecular weight excluding hydrogens is 463 g/mol. The first-order valence-electron chi connectivity index (χ1n) is 10.1. The van der Waals surface area contributed by atoms with Crippen molar-refractivity contribution in [3.05, 3.63) is 57.8 Å². The number of nitrogens with zero attached hydrogens (tertiary/aromatic N) is 2. The number of ether oxygens (including phenoxy) is 1. The number of hydrogen-bond donors (Lipinski definition) is 1. The molecule has 10 nitrogen and oxygen atoms in total. The molecule has 0 saturated heterocycles. The summed E-state index contributed by atoms with van der Waals surface area (Å²) < 4.78 is 48.6. The molecule has 1 aliphatic carbocycles. The standard InChI is InChI=1S/C21H20F3N3O7/c1-12(13-6-7-13)26(11-21(22,23)24)17(28)10-33-20(30)14-4-2-3-5-15(14)25-19(29)16-8-9-18(34-16)27(31)32/h2-5,8-9,12-13H,6-7,10-11H2,1H3,(H,25,29)/t12-/m1/s1. The quantitative estimate of drug-likeness (QED) is 0.326. The summed E-state index contributed by atoms with van der Waals surface area (Å²) in [4.78, 5) is 47.8. The number of furan rings is 1. The van der Waals surface area contributed by atoms with Gasteiger partial charge in [-0.1, -0.05) is 12.1 Å². The number of hydrogen-bond acceptors (Lipinski definition) is 7. The van der Waals surface area contributed by atoms with E-state index in [1.54, 1.807) is 0 Å². The molecule has 2 amide bonds. The van der Waals surface area contributed by atoms with Crippen LogP contribution >= 0.6 is 0 Å². The second kappa shape index (κ2) is 9.93. The minimum Gasteiger partial charge on any atom is -0.452 e. The van der Waals surface area contributed by atoms with Crippen LogP contribution in [0.4, 0.5) is 24.7 Å². The molecule has 1 heterocycles. The van der Waals surface area contributed by atoms with Crippen molar-refractivity contribution in [2.45, 2.75) is 32.0 Å². The van der Waals surface area contributed by atoms with Crippen LogP contribution in [0.2, 0.25) is 0 Å². The molecule has 1 fully saturated rings. The average Bonchev–Trinajstić information content (AvgIpc) is 3.50. The van der Waals surface area contributed by atoms with Gasteiger partial charge < -0.3 is 19.4 Å². The molecule has 1 saturated carbocycles. The van der Waals surface area contributed by atoms with E-state index in [1.165, 1.54) is 31.2 Å². The van der Waals surface area contributed by atoms with Crippen LogP contribution in [0, 0.1) is 16.0 Å². The van der Waals surface area contributed by atoms with E-state index < -0.39 is 54.0 Å². The lowest BCUT2D eigenvalue weighted by Gasteiger charge is -2.30. The van der Waals surface area contributed by atoms with Gasteiger partial charge in [-0.05, 0) is 43.9 Å². The fourth-order valence-electron chi connectivity index (χ4n) is 3.28. The average molecular weight is 483 g/mol. The lowest BCUT2D eigenvalue weighted by molar-refractivity contribution is -0.402. The number of carbonyl (C=O) groups is 3. The Bertz CT molecular complexity index is 1100. The van der Waals surface area contributed by atoms with Crippen LogP contribution in [0.15, 0.2) is 40.8 Å². The molecule has 34 heavy (non-hydrogen) atoms. The van der Waals surface area contributed by atoms with Gasteiger partial charge in [0.05, 0.1) is 17.3 Å². The summed E-state index contributed by atoms with van der Waals surface area (Å²) >= 11 is 0. The van der Waals surface area contributed by atoms with Crippen LogP contribution in [0.1, 0.15) is 40.7 Å². The van der Waals surface area contributed by atoms with Gasteiger partial charge in [-0.2, -0.15) is 13.2 Å². The van der Waals surface area contributed by atoms with E-state index in [0.717, 1.165) is 12.1 Å². The largest absolute Gasteiger partial charge is 0.452 e. The number of benzene rings is 1. The Morgan fingerprint density at radius 1 is 1.24 bits per heavy atom. The fraction of sp³-hybridized carbons (Fsp3) is 0.381. The van der Waals surface area contributed by atoms with E-state index in [1.807, 2.05) is 0 Å². The highest BCUT2D eigenvalue weighted by atomic mass is 19.4. The minimum absolute atomic E-state index is 0.0321. The van der Waals surface area contributed by atoms with Gasteiger partial charge in [0.25, 0.3) is 11.8 Å². The molecule has 0 radical (unpaired) electrons. The lowest BCUT2D eigenvalue weighted by atomic mass is 10.1. The van der Waals surface area contributed by atoms with Crippen molar-refractivity contribution in [2.24, 2.45) is 5.92 Å². The highest BCUT2D eigenvalue weighted by Gasteiger charge is 2.40. The van der Waals surface area contributed by atoms with E-state index >= 15 is 0 Å². The summed E-state index contributed by atoms with van der Waals surface area (Å²) in [6.07, 6.45) is -3.18. The molecule has 0 bridgehead atoms. The predicted octanol–water partition coefficient (Wildman–Crippen LogP) is 3.79. The Labute approximate surface area is 190 Å². The first kappa shape index (κ1) is 24.7. The van der Waals surface area contributed by atoms with Crippen LogP contribution < -0.4 is 5.32 Å². The van der Waals surface area contributed by atoms with Crippen molar-refractivity contribution in [3.8, 4) is 0 Å². The summed E-state index contributed by atoms with van der Waals surface area (Å²) in [5.41, 5.74) is -0.232. The summed E-state index contributed by atoms with van der Waals surface area (Å²) in [6.45, 7) is -0.853. The SMILES string of the molecule is C[C@H](C1CC1)N(CC(F)(F)F)C(=O)COC(=O)c1ccccc1NC(=O)c1ccc([N+](=O)[O-])o1.